The lowest BCUT2D eigenvalue weighted by molar-refractivity contribution is 0.326. The second-order valence-electron chi connectivity index (χ2n) is 10.9. The first-order valence-corrected chi connectivity index (χ1v) is 15.3. The molecule has 0 bridgehead atoms. The lowest BCUT2D eigenvalue weighted by atomic mass is 9.86. The van der Waals surface area contributed by atoms with Gasteiger partial charge in [0.05, 0.1) is 8.07 Å². The van der Waals surface area contributed by atoms with Gasteiger partial charge in [-0.05, 0) is 41.0 Å². The highest BCUT2D eigenvalue weighted by Crippen LogP contribution is 2.44. The van der Waals surface area contributed by atoms with Crippen LogP contribution >= 0.6 is 0 Å². The summed E-state index contributed by atoms with van der Waals surface area (Å²) in [6, 6.07) is 15.9. The van der Waals surface area contributed by atoms with Gasteiger partial charge in [-0.3, -0.25) is 0 Å². The van der Waals surface area contributed by atoms with E-state index in [2.05, 4.69) is 93.9 Å². The molecular formula is C29H39NOSi. The second kappa shape index (κ2) is 8.94. The summed E-state index contributed by atoms with van der Waals surface area (Å²) in [5.74, 6) is 1.09. The van der Waals surface area contributed by atoms with Crippen LogP contribution in [0.15, 0.2) is 61.2 Å². The summed E-state index contributed by atoms with van der Waals surface area (Å²) in [5, 5.41) is 1.42. The van der Waals surface area contributed by atoms with Crippen molar-refractivity contribution in [1.29, 1.82) is 0 Å². The van der Waals surface area contributed by atoms with Crippen molar-refractivity contribution in [1.82, 2.24) is 4.90 Å². The molecule has 0 saturated carbocycles. The third kappa shape index (κ3) is 4.20. The topological polar surface area (TPSA) is 12.5 Å². The maximum Gasteiger partial charge on any atom is 0.122 e. The van der Waals surface area contributed by atoms with Crippen LogP contribution in [0, 0.1) is 0 Å². The zero-order valence-corrected chi connectivity index (χ0v) is 21.6. The minimum absolute atomic E-state index is 0.0272. The van der Waals surface area contributed by atoms with Gasteiger partial charge < -0.3 is 9.64 Å². The first-order valence-electron chi connectivity index (χ1n) is 12.2. The van der Waals surface area contributed by atoms with E-state index in [0.29, 0.717) is 12.1 Å². The van der Waals surface area contributed by atoms with Crippen molar-refractivity contribution < 1.29 is 4.74 Å². The van der Waals surface area contributed by atoms with Gasteiger partial charge in [-0.1, -0.05) is 95.1 Å². The van der Waals surface area contributed by atoms with E-state index < -0.39 is 8.07 Å². The molecule has 1 atom stereocenters. The Morgan fingerprint density at radius 3 is 2.44 bits per heavy atom. The Labute approximate surface area is 196 Å². The molecule has 170 valence electrons. The molecule has 0 N–H and O–H groups in total. The van der Waals surface area contributed by atoms with Crippen LogP contribution < -0.4 is 9.92 Å². The van der Waals surface area contributed by atoms with Gasteiger partial charge in [0.2, 0.25) is 0 Å². The first-order chi connectivity index (χ1) is 15.2. The van der Waals surface area contributed by atoms with E-state index in [1.165, 1.54) is 59.9 Å². The molecule has 0 aromatic heterocycles. The van der Waals surface area contributed by atoms with Crippen LogP contribution in [-0.2, 0) is 5.41 Å². The highest BCUT2D eigenvalue weighted by atomic mass is 28.3. The van der Waals surface area contributed by atoms with Crippen LogP contribution in [0.2, 0.25) is 13.1 Å². The first kappa shape index (κ1) is 22.9. The number of ether oxygens (including phenoxy) is 1. The smallest absolute Gasteiger partial charge is 0.122 e. The minimum Gasteiger partial charge on any atom is -0.489 e. The van der Waals surface area contributed by atoms with Crippen LogP contribution in [0.3, 0.4) is 0 Å². The summed E-state index contributed by atoms with van der Waals surface area (Å²) in [6.45, 7) is 18.7. The van der Waals surface area contributed by atoms with E-state index >= 15 is 0 Å². The van der Waals surface area contributed by atoms with Crippen LogP contribution in [0.5, 0.6) is 5.75 Å². The van der Waals surface area contributed by atoms with E-state index in [1.54, 1.807) is 0 Å². The summed E-state index contributed by atoms with van der Waals surface area (Å²) < 4.78 is 6.41. The molecule has 0 radical (unpaired) electrons. The van der Waals surface area contributed by atoms with Gasteiger partial charge in [-0.2, -0.15) is 0 Å². The molecule has 0 spiro atoms. The van der Waals surface area contributed by atoms with Crippen LogP contribution in [0.1, 0.15) is 62.3 Å². The van der Waals surface area contributed by atoms with Crippen molar-refractivity contribution in [2.24, 2.45) is 0 Å². The number of hydrogen-bond acceptors (Lipinski definition) is 2. The van der Waals surface area contributed by atoms with Crippen molar-refractivity contribution in [2.45, 2.75) is 64.1 Å². The third-order valence-electron chi connectivity index (χ3n) is 7.23. The van der Waals surface area contributed by atoms with Gasteiger partial charge in [-0.15, -0.1) is 0 Å². The summed E-state index contributed by atoms with van der Waals surface area (Å²) in [4.78, 5) is 2.63. The van der Waals surface area contributed by atoms with Gasteiger partial charge in [0, 0.05) is 29.9 Å². The Balaban J connectivity index is 1.83. The van der Waals surface area contributed by atoms with Crippen LogP contribution in [0.4, 0.5) is 0 Å². The zero-order valence-electron chi connectivity index (χ0n) is 20.6. The largest absolute Gasteiger partial charge is 0.489 e. The second-order valence-corrected chi connectivity index (χ2v) is 15.5. The van der Waals surface area contributed by atoms with E-state index in [0.717, 1.165) is 5.75 Å². The number of rotatable bonds is 6. The molecule has 2 aromatic rings. The van der Waals surface area contributed by atoms with Gasteiger partial charge >= 0.3 is 0 Å². The predicted octanol–water partition coefficient (Wildman–Crippen LogP) is 6.63. The molecule has 1 unspecified atom stereocenters. The van der Waals surface area contributed by atoms with Crippen LogP contribution in [-0.4, -0.2) is 32.7 Å². The lowest BCUT2D eigenvalue weighted by Crippen LogP contribution is -2.48. The molecule has 2 nitrogen and oxygen atoms in total. The Morgan fingerprint density at radius 2 is 1.75 bits per heavy atom. The van der Waals surface area contributed by atoms with Crippen molar-refractivity contribution >= 4 is 19.0 Å². The number of para-hydroxylation sites is 1. The number of piperidine rings is 1. The minimum atomic E-state index is -1.97. The molecule has 3 heteroatoms. The molecule has 1 heterocycles. The van der Waals surface area contributed by atoms with Crippen LogP contribution in [0.25, 0.3) is 5.70 Å². The monoisotopic (exact) mass is 445 g/mol. The van der Waals surface area contributed by atoms with Crippen molar-refractivity contribution in [3.63, 3.8) is 0 Å². The van der Waals surface area contributed by atoms with E-state index in [9.17, 15) is 0 Å². The maximum absolute atomic E-state index is 6.41. The number of allylic oxidation sites excluding steroid dienone is 1. The summed E-state index contributed by atoms with van der Waals surface area (Å²) in [7, 11) is -1.97. The molecule has 0 amide bonds. The molecule has 2 aromatic carbocycles. The standard InChI is InChI=1S/C29H39NOSi/c1-7-20-31-28-24(29(2,3)4)16-13-17-26(28)32(5,6)27-21-25(30-18-11-8-12-19-30)22-14-9-10-15-23(22)27/h7,9-10,13-17,21,27H,1,8,11-12,18-20H2,2-6H3. The molecule has 1 fully saturated rings. The number of fused-ring (bicyclic) bond motifs is 1. The molecule has 32 heavy (non-hydrogen) atoms. The Morgan fingerprint density at radius 1 is 1.03 bits per heavy atom. The lowest BCUT2D eigenvalue weighted by Gasteiger charge is -2.34. The molecule has 1 saturated heterocycles. The van der Waals surface area contributed by atoms with Gasteiger partial charge in [0.25, 0.3) is 0 Å². The van der Waals surface area contributed by atoms with Gasteiger partial charge in [-0.25, -0.2) is 0 Å². The normalized spacial score (nSPS) is 18.8. The predicted molar refractivity (Wildman–Crippen MR) is 141 cm³/mol. The summed E-state index contributed by atoms with van der Waals surface area (Å²) in [5.41, 5.74) is 6.17. The van der Waals surface area contributed by atoms with E-state index in [1.807, 2.05) is 6.08 Å². The van der Waals surface area contributed by atoms with E-state index in [-0.39, 0.29) is 5.41 Å². The Kier molecular flexibility index (Phi) is 6.40. The fraction of sp³-hybridized carbons (Fsp3) is 0.448. The highest BCUT2D eigenvalue weighted by Gasteiger charge is 2.42. The third-order valence-corrected chi connectivity index (χ3v) is 11.0. The van der Waals surface area contributed by atoms with Gasteiger partial charge in [0.15, 0.2) is 0 Å². The van der Waals surface area contributed by atoms with Gasteiger partial charge in [0.1, 0.15) is 12.4 Å². The van der Waals surface area contributed by atoms with E-state index in [4.69, 9.17) is 4.74 Å². The Bertz CT molecular complexity index is 1010. The Hall–Kier alpha value is -2.26. The molecule has 1 aliphatic heterocycles. The molecule has 4 rings (SSSR count). The number of likely N-dealkylation sites (tertiary alicyclic amines) is 1. The molecule has 1 aliphatic carbocycles. The average Bonchev–Trinajstić information content (AvgIpc) is 3.18. The number of benzene rings is 2. The summed E-state index contributed by atoms with van der Waals surface area (Å²) in [6.07, 6.45) is 8.43. The zero-order chi connectivity index (χ0) is 22.9. The van der Waals surface area contributed by atoms with Crippen molar-refractivity contribution in [3.8, 4) is 5.75 Å². The average molecular weight is 446 g/mol. The van der Waals surface area contributed by atoms with Crippen molar-refractivity contribution in [2.75, 3.05) is 19.7 Å². The highest BCUT2D eigenvalue weighted by molar-refractivity contribution is 6.92. The fourth-order valence-electron chi connectivity index (χ4n) is 5.45. The number of nitrogens with zero attached hydrogens (tertiary/aromatic N) is 1. The molecule has 2 aliphatic rings. The maximum atomic E-state index is 6.41. The SMILES string of the molecule is C=CCOc1c(C(C)(C)C)cccc1[Si](C)(C)C1C=C(N2CCCCC2)c2ccccc21. The number of hydrogen-bond donors (Lipinski definition) is 0. The van der Waals surface area contributed by atoms with Crippen molar-refractivity contribution in [3.05, 3.63) is 77.9 Å². The summed E-state index contributed by atoms with van der Waals surface area (Å²) >= 11 is 0. The fourth-order valence-corrected chi connectivity index (χ4v) is 8.70. The molecular weight excluding hydrogens is 406 g/mol. The quantitative estimate of drug-likeness (QED) is 0.365.